The summed E-state index contributed by atoms with van der Waals surface area (Å²) in [5.41, 5.74) is 3.14. The third-order valence-corrected chi connectivity index (χ3v) is 2.49. The van der Waals surface area contributed by atoms with Crippen LogP contribution in [0.4, 0.5) is 0 Å². The Morgan fingerprint density at radius 2 is 2.06 bits per heavy atom. The number of hydrazone groups is 1. The Bertz CT molecular complexity index is 471. The third-order valence-electron chi connectivity index (χ3n) is 1.96. The molecule has 0 spiro atoms. The average Bonchev–Trinajstić information content (AvgIpc) is 2.29. The Morgan fingerprint density at radius 3 is 2.61 bits per heavy atom. The van der Waals surface area contributed by atoms with Gasteiger partial charge in [0.15, 0.2) is 6.10 Å². The first kappa shape index (κ1) is 14.8. The van der Waals surface area contributed by atoms with Crippen LogP contribution in [0.1, 0.15) is 20.8 Å². The van der Waals surface area contributed by atoms with Crippen molar-refractivity contribution in [3.8, 4) is 5.75 Å². The number of nitrogens with one attached hydrogen (secondary N) is 1. The van der Waals surface area contributed by atoms with Crippen molar-refractivity contribution in [2.24, 2.45) is 5.10 Å². The van der Waals surface area contributed by atoms with E-state index in [1.807, 2.05) is 0 Å². The summed E-state index contributed by atoms with van der Waals surface area (Å²) in [7, 11) is 0. The number of rotatable bonds is 4. The first-order valence-corrected chi connectivity index (χ1v) is 6.08. The molecule has 0 heterocycles. The van der Waals surface area contributed by atoms with E-state index < -0.39 is 6.10 Å². The molecular formula is C12H14Cl2N2O2. The molecule has 1 unspecified atom stereocenters. The molecule has 1 rings (SSSR count). The SMILES string of the molecule is CC(C)=NNC(=O)C(C)Oc1ccc(Cl)cc1Cl. The largest absolute Gasteiger partial charge is 0.479 e. The standard InChI is InChI=1S/C12H14Cl2N2O2/c1-7(2)15-16-12(17)8(3)18-11-5-4-9(13)6-10(11)14/h4-6,8H,1-3H3,(H,16,17). The number of carbonyl (C=O) groups is 1. The van der Waals surface area contributed by atoms with Gasteiger partial charge in [0, 0.05) is 10.7 Å². The summed E-state index contributed by atoms with van der Waals surface area (Å²) in [4.78, 5) is 11.6. The number of hydrogen-bond donors (Lipinski definition) is 1. The lowest BCUT2D eigenvalue weighted by Crippen LogP contribution is -2.33. The first-order valence-electron chi connectivity index (χ1n) is 5.32. The highest BCUT2D eigenvalue weighted by Crippen LogP contribution is 2.28. The minimum Gasteiger partial charge on any atom is -0.479 e. The van der Waals surface area contributed by atoms with Crippen LogP contribution in [0.2, 0.25) is 10.0 Å². The minimum atomic E-state index is -0.702. The van der Waals surface area contributed by atoms with Crippen molar-refractivity contribution in [2.45, 2.75) is 26.9 Å². The molecule has 0 aliphatic rings. The molecule has 98 valence electrons. The van der Waals surface area contributed by atoms with Gasteiger partial charge in [0.1, 0.15) is 5.75 Å². The fourth-order valence-electron chi connectivity index (χ4n) is 1.07. The number of halogens is 2. The number of benzene rings is 1. The Morgan fingerprint density at radius 1 is 1.39 bits per heavy atom. The van der Waals surface area contributed by atoms with Crippen molar-refractivity contribution in [3.63, 3.8) is 0 Å². The summed E-state index contributed by atoms with van der Waals surface area (Å²) in [5.74, 6) is 0.0585. The second-order valence-electron chi connectivity index (χ2n) is 3.87. The van der Waals surface area contributed by atoms with Gasteiger partial charge in [0.25, 0.3) is 5.91 Å². The van der Waals surface area contributed by atoms with Crippen molar-refractivity contribution in [2.75, 3.05) is 0 Å². The lowest BCUT2D eigenvalue weighted by atomic mass is 10.3. The minimum absolute atomic E-state index is 0.345. The fraction of sp³-hybridized carbons (Fsp3) is 0.333. The molecule has 18 heavy (non-hydrogen) atoms. The Labute approximate surface area is 116 Å². The molecule has 0 bridgehead atoms. The van der Waals surface area contributed by atoms with Crippen LogP contribution in [0.5, 0.6) is 5.75 Å². The maximum atomic E-state index is 11.6. The van der Waals surface area contributed by atoms with E-state index in [-0.39, 0.29) is 5.91 Å². The normalized spacial score (nSPS) is 11.6. The van der Waals surface area contributed by atoms with E-state index in [0.717, 1.165) is 5.71 Å². The molecule has 1 N–H and O–H groups in total. The van der Waals surface area contributed by atoms with E-state index in [1.54, 1.807) is 39.0 Å². The monoisotopic (exact) mass is 288 g/mol. The summed E-state index contributed by atoms with van der Waals surface area (Å²) >= 11 is 11.7. The second kappa shape index (κ2) is 6.61. The van der Waals surface area contributed by atoms with E-state index in [0.29, 0.717) is 15.8 Å². The predicted octanol–water partition coefficient (Wildman–Crippen LogP) is 3.27. The zero-order chi connectivity index (χ0) is 13.7. The number of carbonyl (C=O) groups excluding carboxylic acids is 1. The van der Waals surface area contributed by atoms with Gasteiger partial charge in [-0.15, -0.1) is 0 Å². The quantitative estimate of drug-likeness (QED) is 0.683. The van der Waals surface area contributed by atoms with Crippen molar-refractivity contribution >= 4 is 34.8 Å². The van der Waals surface area contributed by atoms with Crippen LogP contribution in [-0.4, -0.2) is 17.7 Å². The lowest BCUT2D eigenvalue weighted by molar-refractivity contribution is -0.127. The van der Waals surface area contributed by atoms with Gasteiger partial charge < -0.3 is 4.74 Å². The molecule has 0 fully saturated rings. The number of hydrogen-bond acceptors (Lipinski definition) is 3. The highest BCUT2D eigenvalue weighted by atomic mass is 35.5. The summed E-state index contributed by atoms with van der Waals surface area (Å²) in [6, 6.07) is 4.81. The molecule has 0 aliphatic heterocycles. The highest BCUT2D eigenvalue weighted by Gasteiger charge is 2.15. The second-order valence-corrected chi connectivity index (χ2v) is 4.71. The molecule has 1 aromatic rings. The molecule has 0 aliphatic carbocycles. The Kier molecular flexibility index (Phi) is 5.44. The van der Waals surface area contributed by atoms with Crippen molar-refractivity contribution in [1.82, 2.24) is 5.43 Å². The topological polar surface area (TPSA) is 50.7 Å². The lowest BCUT2D eigenvalue weighted by Gasteiger charge is -2.14. The van der Waals surface area contributed by atoms with E-state index in [4.69, 9.17) is 27.9 Å². The molecule has 6 heteroatoms. The Balaban J connectivity index is 2.66. The zero-order valence-electron chi connectivity index (χ0n) is 10.3. The Hall–Kier alpha value is -1.26. The van der Waals surface area contributed by atoms with Crippen LogP contribution in [0.15, 0.2) is 23.3 Å². The van der Waals surface area contributed by atoms with Gasteiger partial charge >= 0.3 is 0 Å². The average molecular weight is 289 g/mol. The van der Waals surface area contributed by atoms with E-state index in [2.05, 4.69) is 10.5 Å². The summed E-state index contributed by atoms with van der Waals surface area (Å²) < 4.78 is 5.42. The van der Waals surface area contributed by atoms with Crippen molar-refractivity contribution < 1.29 is 9.53 Å². The molecule has 0 saturated carbocycles. The van der Waals surface area contributed by atoms with Gasteiger partial charge in [0.2, 0.25) is 0 Å². The molecule has 0 aromatic heterocycles. The molecule has 1 aromatic carbocycles. The van der Waals surface area contributed by atoms with E-state index in [9.17, 15) is 4.79 Å². The van der Waals surface area contributed by atoms with Crippen molar-refractivity contribution in [3.05, 3.63) is 28.2 Å². The number of nitrogens with zero attached hydrogens (tertiary/aromatic N) is 1. The molecule has 0 saturated heterocycles. The van der Waals surface area contributed by atoms with E-state index in [1.165, 1.54) is 0 Å². The van der Waals surface area contributed by atoms with Crippen LogP contribution < -0.4 is 10.2 Å². The van der Waals surface area contributed by atoms with Crippen LogP contribution in [0, 0.1) is 0 Å². The summed E-state index contributed by atoms with van der Waals surface area (Å²) in [6.45, 7) is 5.17. The highest BCUT2D eigenvalue weighted by molar-refractivity contribution is 6.35. The predicted molar refractivity (Wildman–Crippen MR) is 73.5 cm³/mol. The summed E-state index contributed by atoms with van der Waals surface area (Å²) in [6.07, 6.45) is -0.702. The van der Waals surface area contributed by atoms with Crippen LogP contribution in [0.25, 0.3) is 0 Å². The van der Waals surface area contributed by atoms with Crippen LogP contribution in [0.3, 0.4) is 0 Å². The molecule has 1 amide bonds. The smallest absolute Gasteiger partial charge is 0.280 e. The van der Waals surface area contributed by atoms with E-state index >= 15 is 0 Å². The summed E-state index contributed by atoms with van der Waals surface area (Å²) in [5, 5.41) is 4.68. The maximum absolute atomic E-state index is 11.6. The van der Waals surface area contributed by atoms with Gasteiger partial charge in [-0.25, -0.2) is 5.43 Å². The van der Waals surface area contributed by atoms with Crippen LogP contribution >= 0.6 is 23.2 Å². The molecule has 4 nitrogen and oxygen atoms in total. The maximum Gasteiger partial charge on any atom is 0.280 e. The first-order chi connectivity index (χ1) is 8.40. The number of amides is 1. The van der Waals surface area contributed by atoms with Gasteiger partial charge in [0.05, 0.1) is 5.02 Å². The van der Waals surface area contributed by atoms with Gasteiger partial charge in [-0.2, -0.15) is 5.10 Å². The molecule has 1 atom stereocenters. The van der Waals surface area contributed by atoms with Crippen LogP contribution in [-0.2, 0) is 4.79 Å². The zero-order valence-corrected chi connectivity index (χ0v) is 11.8. The number of ether oxygens (including phenoxy) is 1. The van der Waals surface area contributed by atoms with Gasteiger partial charge in [-0.05, 0) is 39.0 Å². The van der Waals surface area contributed by atoms with Gasteiger partial charge in [-0.3, -0.25) is 4.79 Å². The molecular weight excluding hydrogens is 275 g/mol. The molecule has 0 radical (unpaired) electrons. The van der Waals surface area contributed by atoms with Crippen molar-refractivity contribution in [1.29, 1.82) is 0 Å². The van der Waals surface area contributed by atoms with Gasteiger partial charge in [-0.1, -0.05) is 23.2 Å². The third kappa shape index (κ3) is 4.55. The fourth-order valence-corrected chi connectivity index (χ4v) is 1.53.